The minimum absolute atomic E-state index is 0.121. The summed E-state index contributed by atoms with van der Waals surface area (Å²) in [6, 6.07) is 14.0. The Kier molecular flexibility index (Phi) is 5.40. The van der Waals surface area contributed by atoms with Gasteiger partial charge in [-0.3, -0.25) is 14.4 Å². The molecule has 3 rings (SSSR count). The predicted octanol–water partition coefficient (Wildman–Crippen LogP) is 2.65. The van der Waals surface area contributed by atoms with Crippen LogP contribution >= 0.6 is 0 Å². The number of carbonyl (C=O) groups is 3. The molecule has 27 heavy (non-hydrogen) atoms. The van der Waals surface area contributed by atoms with Gasteiger partial charge in [0.1, 0.15) is 5.75 Å². The number of carbonyl (C=O) groups excluding carboxylic acids is 3. The second-order valence-electron chi connectivity index (χ2n) is 6.35. The lowest BCUT2D eigenvalue weighted by atomic mass is 10.1. The van der Waals surface area contributed by atoms with Crippen LogP contribution < -0.4 is 20.3 Å². The van der Waals surface area contributed by atoms with E-state index in [4.69, 9.17) is 4.74 Å². The standard InChI is InChI=1S/C20H21N3O4/c1-13(24)21-16-4-3-5-17(11-16)23-12-14(10-19(23)25)20(26)22-15-6-8-18(27-2)9-7-15/h3-9,11,14H,10,12H2,1-2H3,(H,21,24)(H,22,26). The Hall–Kier alpha value is -3.35. The molecule has 140 valence electrons. The molecule has 2 N–H and O–H groups in total. The summed E-state index contributed by atoms with van der Waals surface area (Å²) in [5.41, 5.74) is 1.92. The third kappa shape index (κ3) is 4.44. The van der Waals surface area contributed by atoms with E-state index in [1.54, 1.807) is 60.5 Å². The smallest absolute Gasteiger partial charge is 0.229 e. The highest BCUT2D eigenvalue weighted by molar-refractivity contribution is 6.04. The van der Waals surface area contributed by atoms with Crippen LogP contribution in [-0.4, -0.2) is 31.4 Å². The van der Waals surface area contributed by atoms with Crippen LogP contribution in [0.3, 0.4) is 0 Å². The zero-order valence-electron chi connectivity index (χ0n) is 15.2. The van der Waals surface area contributed by atoms with E-state index in [1.165, 1.54) is 6.92 Å². The van der Waals surface area contributed by atoms with E-state index in [1.807, 2.05) is 0 Å². The van der Waals surface area contributed by atoms with Crippen molar-refractivity contribution < 1.29 is 19.1 Å². The Morgan fingerprint density at radius 2 is 1.81 bits per heavy atom. The van der Waals surface area contributed by atoms with Crippen molar-refractivity contribution in [2.24, 2.45) is 5.92 Å². The molecule has 7 heteroatoms. The number of hydrogen-bond acceptors (Lipinski definition) is 4. The van der Waals surface area contributed by atoms with E-state index >= 15 is 0 Å². The van der Waals surface area contributed by atoms with Crippen LogP contribution in [0, 0.1) is 5.92 Å². The monoisotopic (exact) mass is 367 g/mol. The van der Waals surface area contributed by atoms with Crippen LogP contribution in [0.2, 0.25) is 0 Å². The topological polar surface area (TPSA) is 87.7 Å². The molecule has 3 amide bonds. The molecule has 1 aliphatic rings. The third-order valence-electron chi connectivity index (χ3n) is 4.33. The fourth-order valence-electron chi connectivity index (χ4n) is 3.01. The lowest BCUT2D eigenvalue weighted by molar-refractivity contribution is -0.122. The number of nitrogens with one attached hydrogen (secondary N) is 2. The van der Waals surface area contributed by atoms with Crippen molar-refractivity contribution in [2.45, 2.75) is 13.3 Å². The number of nitrogens with zero attached hydrogens (tertiary/aromatic N) is 1. The van der Waals surface area contributed by atoms with Crippen molar-refractivity contribution in [1.82, 2.24) is 0 Å². The molecular formula is C20H21N3O4. The van der Waals surface area contributed by atoms with Crippen molar-refractivity contribution in [3.05, 3.63) is 48.5 Å². The van der Waals surface area contributed by atoms with Gasteiger partial charge >= 0.3 is 0 Å². The summed E-state index contributed by atoms with van der Waals surface area (Å²) in [5.74, 6) is -0.242. The predicted molar refractivity (Wildman–Crippen MR) is 103 cm³/mol. The normalized spacial score (nSPS) is 16.1. The number of rotatable bonds is 5. The Balaban J connectivity index is 1.67. The van der Waals surface area contributed by atoms with E-state index in [-0.39, 0.29) is 24.1 Å². The van der Waals surface area contributed by atoms with Gasteiger partial charge in [-0.1, -0.05) is 6.07 Å². The van der Waals surface area contributed by atoms with Crippen LogP contribution in [0.5, 0.6) is 5.75 Å². The fraction of sp³-hybridized carbons (Fsp3) is 0.250. The quantitative estimate of drug-likeness (QED) is 0.850. The van der Waals surface area contributed by atoms with E-state index in [2.05, 4.69) is 10.6 Å². The number of benzene rings is 2. The number of ether oxygens (including phenoxy) is 1. The lowest BCUT2D eigenvalue weighted by Gasteiger charge is -2.18. The Bertz CT molecular complexity index is 864. The van der Waals surface area contributed by atoms with E-state index in [9.17, 15) is 14.4 Å². The number of methoxy groups -OCH3 is 1. The van der Waals surface area contributed by atoms with Gasteiger partial charge in [-0.2, -0.15) is 0 Å². The molecule has 1 heterocycles. The summed E-state index contributed by atoms with van der Waals surface area (Å²) in [4.78, 5) is 37.7. The Morgan fingerprint density at radius 3 is 2.48 bits per heavy atom. The molecule has 7 nitrogen and oxygen atoms in total. The second-order valence-corrected chi connectivity index (χ2v) is 6.35. The van der Waals surface area contributed by atoms with Gasteiger partial charge in [0, 0.05) is 37.0 Å². The van der Waals surface area contributed by atoms with Gasteiger partial charge in [0.2, 0.25) is 17.7 Å². The first kappa shape index (κ1) is 18.4. The highest BCUT2D eigenvalue weighted by atomic mass is 16.5. The van der Waals surface area contributed by atoms with Crippen molar-refractivity contribution in [3.8, 4) is 5.75 Å². The Labute approximate surface area is 157 Å². The molecule has 1 atom stereocenters. The van der Waals surface area contributed by atoms with Crippen LogP contribution in [0.25, 0.3) is 0 Å². The molecule has 1 aliphatic heterocycles. The molecule has 0 aliphatic carbocycles. The van der Waals surface area contributed by atoms with Gasteiger partial charge in [-0.15, -0.1) is 0 Å². The summed E-state index contributed by atoms with van der Waals surface area (Å²) in [6.07, 6.45) is 0.145. The average Bonchev–Trinajstić information content (AvgIpc) is 3.04. The van der Waals surface area contributed by atoms with Crippen molar-refractivity contribution in [1.29, 1.82) is 0 Å². The third-order valence-corrected chi connectivity index (χ3v) is 4.33. The maximum absolute atomic E-state index is 12.5. The summed E-state index contributed by atoms with van der Waals surface area (Å²) in [6.45, 7) is 1.72. The van der Waals surface area contributed by atoms with Gasteiger partial charge in [0.05, 0.1) is 13.0 Å². The first-order chi connectivity index (χ1) is 13.0. The molecule has 0 aromatic heterocycles. The zero-order valence-corrected chi connectivity index (χ0v) is 15.2. The van der Waals surface area contributed by atoms with Crippen LogP contribution in [0.4, 0.5) is 17.1 Å². The average molecular weight is 367 g/mol. The SMILES string of the molecule is COc1ccc(NC(=O)C2CC(=O)N(c3cccc(NC(C)=O)c3)C2)cc1. The summed E-state index contributed by atoms with van der Waals surface area (Å²) in [5, 5.41) is 5.53. The first-order valence-electron chi connectivity index (χ1n) is 8.59. The highest BCUT2D eigenvalue weighted by Gasteiger charge is 2.35. The number of anilines is 3. The molecule has 0 spiro atoms. The highest BCUT2D eigenvalue weighted by Crippen LogP contribution is 2.28. The number of amides is 3. The van der Waals surface area contributed by atoms with Crippen LogP contribution in [0.15, 0.2) is 48.5 Å². The molecule has 0 radical (unpaired) electrons. The molecule has 1 unspecified atom stereocenters. The van der Waals surface area contributed by atoms with Gasteiger partial charge in [-0.25, -0.2) is 0 Å². The van der Waals surface area contributed by atoms with Crippen LogP contribution in [0.1, 0.15) is 13.3 Å². The molecule has 1 saturated heterocycles. The van der Waals surface area contributed by atoms with E-state index in [0.29, 0.717) is 29.4 Å². The van der Waals surface area contributed by atoms with Crippen LogP contribution in [-0.2, 0) is 14.4 Å². The maximum Gasteiger partial charge on any atom is 0.229 e. The molecular weight excluding hydrogens is 346 g/mol. The largest absolute Gasteiger partial charge is 0.497 e. The summed E-state index contributed by atoms with van der Waals surface area (Å²) < 4.78 is 5.09. The number of hydrogen-bond donors (Lipinski definition) is 2. The zero-order chi connectivity index (χ0) is 19.4. The van der Waals surface area contributed by atoms with Gasteiger partial charge in [0.25, 0.3) is 0 Å². The van der Waals surface area contributed by atoms with Gasteiger partial charge in [-0.05, 0) is 42.5 Å². The second kappa shape index (κ2) is 7.90. The van der Waals surface area contributed by atoms with E-state index < -0.39 is 5.92 Å². The minimum Gasteiger partial charge on any atom is -0.497 e. The molecule has 0 bridgehead atoms. The fourth-order valence-corrected chi connectivity index (χ4v) is 3.01. The maximum atomic E-state index is 12.5. The molecule has 2 aromatic rings. The van der Waals surface area contributed by atoms with Crippen molar-refractivity contribution >= 4 is 34.8 Å². The first-order valence-corrected chi connectivity index (χ1v) is 8.59. The van der Waals surface area contributed by atoms with Crippen molar-refractivity contribution in [2.75, 3.05) is 29.2 Å². The Morgan fingerprint density at radius 1 is 1.07 bits per heavy atom. The van der Waals surface area contributed by atoms with Gasteiger partial charge < -0.3 is 20.3 Å². The molecule has 2 aromatic carbocycles. The van der Waals surface area contributed by atoms with E-state index in [0.717, 1.165) is 0 Å². The molecule has 1 fully saturated rings. The van der Waals surface area contributed by atoms with Gasteiger partial charge in [0.15, 0.2) is 0 Å². The molecule has 0 saturated carbocycles. The summed E-state index contributed by atoms with van der Waals surface area (Å²) >= 11 is 0. The van der Waals surface area contributed by atoms with Crippen molar-refractivity contribution in [3.63, 3.8) is 0 Å². The summed E-state index contributed by atoms with van der Waals surface area (Å²) in [7, 11) is 1.58. The minimum atomic E-state index is -0.441. The lowest BCUT2D eigenvalue weighted by Crippen LogP contribution is -2.28.